The monoisotopic (exact) mass is 316 g/mol. The van der Waals surface area contributed by atoms with Crippen LogP contribution in [0.25, 0.3) is 0 Å². The smallest absolute Gasteiger partial charge is 0.236 e. The molecule has 0 radical (unpaired) electrons. The number of amides is 1. The molecule has 1 aliphatic heterocycles. The fourth-order valence-corrected chi connectivity index (χ4v) is 4.80. The van der Waals surface area contributed by atoms with E-state index in [-0.39, 0.29) is 30.0 Å². The van der Waals surface area contributed by atoms with Gasteiger partial charge in [-0.2, -0.15) is 11.3 Å². The standard InChI is InChI=1S/C13H20N2O3S2/c1-14(12-4-6-20(17,18)10-12)8-13(16)15(2)7-11-3-5-19-9-11/h3,5,9,12H,4,6-8,10H2,1-2H3/t12-/m1/s1. The Hall–Kier alpha value is -0.920. The summed E-state index contributed by atoms with van der Waals surface area (Å²) >= 11 is 1.61. The van der Waals surface area contributed by atoms with Crippen LogP contribution in [-0.4, -0.2) is 62.3 Å². The first kappa shape index (κ1) is 15.5. The van der Waals surface area contributed by atoms with Gasteiger partial charge in [-0.1, -0.05) is 0 Å². The molecule has 112 valence electrons. The van der Waals surface area contributed by atoms with E-state index in [9.17, 15) is 13.2 Å². The zero-order chi connectivity index (χ0) is 14.8. The van der Waals surface area contributed by atoms with Crippen LogP contribution in [0.15, 0.2) is 16.8 Å². The zero-order valence-electron chi connectivity index (χ0n) is 11.8. The highest BCUT2D eigenvalue weighted by Gasteiger charge is 2.31. The van der Waals surface area contributed by atoms with Gasteiger partial charge in [-0.05, 0) is 35.9 Å². The molecule has 1 aliphatic rings. The Bertz CT molecular complexity index is 554. The largest absolute Gasteiger partial charge is 0.340 e. The fraction of sp³-hybridized carbons (Fsp3) is 0.615. The number of hydrogen-bond donors (Lipinski definition) is 0. The molecule has 0 aromatic carbocycles. The number of likely N-dealkylation sites (N-methyl/N-ethyl adjacent to an activating group) is 2. The molecule has 1 aromatic rings. The highest BCUT2D eigenvalue weighted by Crippen LogP contribution is 2.16. The minimum atomic E-state index is -2.90. The summed E-state index contributed by atoms with van der Waals surface area (Å²) in [4.78, 5) is 15.7. The summed E-state index contributed by atoms with van der Waals surface area (Å²) in [6, 6.07) is 1.97. The quantitative estimate of drug-likeness (QED) is 0.807. The van der Waals surface area contributed by atoms with Crippen LogP contribution in [0.1, 0.15) is 12.0 Å². The fourth-order valence-electron chi connectivity index (χ4n) is 2.33. The van der Waals surface area contributed by atoms with E-state index < -0.39 is 9.84 Å². The van der Waals surface area contributed by atoms with Gasteiger partial charge >= 0.3 is 0 Å². The van der Waals surface area contributed by atoms with Crippen molar-refractivity contribution >= 4 is 27.1 Å². The van der Waals surface area contributed by atoms with Crippen LogP contribution >= 0.6 is 11.3 Å². The van der Waals surface area contributed by atoms with Gasteiger partial charge in [0.2, 0.25) is 5.91 Å². The van der Waals surface area contributed by atoms with E-state index in [2.05, 4.69) is 0 Å². The number of hydrogen-bond acceptors (Lipinski definition) is 5. The molecule has 1 amide bonds. The number of sulfone groups is 1. The highest BCUT2D eigenvalue weighted by molar-refractivity contribution is 7.91. The van der Waals surface area contributed by atoms with Gasteiger partial charge < -0.3 is 4.90 Å². The molecule has 7 heteroatoms. The van der Waals surface area contributed by atoms with E-state index in [1.54, 1.807) is 23.3 Å². The molecule has 0 aliphatic carbocycles. The summed E-state index contributed by atoms with van der Waals surface area (Å²) in [6.07, 6.45) is 0.625. The second-order valence-corrected chi connectivity index (χ2v) is 8.36. The third-order valence-corrected chi connectivity index (χ3v) is 6.12. The topological polar surface area (TPSA) is 57.7 Å². The minimum absolute atomic E-state index is 0.0167. The Kier molecular flexibility index (Phi) is 4.82. The Morgan fingerprint density at radius 3 is 2.75 bits per heavy atom. The molecule has 0 unspecified atom stereocenters. The summed E-state index contributed by atoms with van der Waals surface area (Å²) in [6.45, 7) is 0.861. The number of rotatable bonds is 5. The number of carbonyl (C=O) groups excluding carboxylic acids is 1. The van der Waals surface area contributed by atoms with Gasteiger partial charge in [0.1, 0.15) is 0 Å². The number of nitrogens with zero attached hydrogens (tertiary/aromatic N) is 2. The van der Waals surface area contributed by atoms with E-state index in [4.69, 9.17) is 0 Å². The lowest BCUT2D eigenvalue weighted by Crippen LogP contribution is -2.41. The van der Waals surface area contributed by atoms with E-state index in [0.29, 0.717) is 13.0 Å². The normalized spacial score (nSPS) is 21.2. The van der Waals surface area contributed by atoms with Crippen LogP contribution in [0.4, 0.5) is 0 Å². The van der Waals surface area contributed by atoms with Crippen molar-refractivity contribution in [3.63, 3.8) is 0 Å². The molecule has 1 aromatic heterocycles. The van der Waals surface area contributed by atoms with Crippen molar-refractivity contribution in [2.45, 2.75) is 19.0 Å². The molecular weight excluding hydrogens is 296 g/mol. The second kappa shape index (κ2) is 6.24. The maximum Gasteiger partial charge on any atom is 0.236 e. The maximum absolute atomic E-state index is 12.1. The molecule has 20 heavy (non-hydrogen) atoms. The van der Waals surface area contributed by atoms with Crippen LogP contribution in [0.5, 0.6) is 0 Å². The van der Waals surface area contributed by atoms with Gasteiger partial charge in [-0.15, -0.1) is 0 Å². The number of carbonyl (C=O) groups is 1. The van der Waals surface area contributed by atoms with Crippen LogP contribution < -0.4 is 0 Å². The molecule has 5 nitrogen and oxygen atoms in total. The first-order chi connectivity index (χ1) is 9.37. The zero-order valence-corrected chi connectivity index (χ0v) is 13.4. The molecule has 2 heterocycles. The summed E-state index contributed by atoms with van der Waals surface area (Å²) < 4.78 is 22.9. The summed E-state index contributed by atoms with van der Waals surface area (Å²) in [5, 5.41) is 4.01. The predicted molar refractivity (Wildman–Crippen MR) is 80.5 cm³/mol. The summed E-state index contributed by atoms with van der Waals surface area (Å²) in [5.74, 6) is 0.425. The Labute approximate surface area is 124 Å². The molecular formula is C13H20N2O3S2. The van der Waals surface area contributed by atoms with Crippen molar-refractivity contribution in [1.82, 2.24) is 9.80 Å². The lowest BCUT2D eigenvalue weighted by Gasteiger charge is -2.25. The molecule has 1 atom stereocenters. The van der Waals surface area contributed by atoms with Gasteiger partial charge in [-0.3, -0.25) is 9.69 Å². The minimum Gasteiger partial charge on any atom is -0.340 e. The van der Waals surface area contributed by atoms with E-state index >= 15 is 0 Å². The second-order valence-electron chi connectivity index (χ2n) is 5.35. The maximum atomic E-state index is 12.1. The van der Waals surface area contributed by atoms with Gasteiger partial charge in [0, 0.05) is 19.6 Å². The van der Waals surface area contributed by atoms with Crippen molar-refractivity contribution in [3.05, 3.63) is 22.4 Å². The average molecular weight is 316 g/mol. The van der Waals surface area contributed by atoms with Gasteiger partial charge in [0.25, 0.3) is 0 Å². The summed E-state index contributed by atoms with van der Waals surface area (Å²) in [5.41, 5.74) is 1.12. The van der Waals surface area contributed by atoms with E-state index in [1.807, 2.05) is 28.8 Å². The molecule has 1 fully saturated rings. The van der Waals surface area contributed by atoms with Crippen molar-refractivity contribution < 1.29 is 13.2 Å². The van der Waals surface area contributed by atoms with E-state index in [1.165, 1.54) is 0 Å². The van der Waals surface area contributed by atoms with Gasteiger partial charge in [-0.25, -0.2) is 8.42 Å². The van der Waals surface area contributed by atoms with Crippen molar-refractivity contribution in [2.24, 2.45) is 0 Å². The average Bonchev–Trinajstić information content (AvgIpc) is 2.98. The predicted octanol–water partition coefficient (Wildman–Crippen LogP) is 0.825. The molecule has 0 spiro atoms. The van der Waals surface area contributed by atoms with Crippen molar-refractivity contribution in [3.8, 4) is 0 Å². The van der Waals surface area contributed by atoms with Gasteiger partial charge in [0.05, 0.1) is 18.1 Å². The molecule has 0 bridgehead atoms. The van der Waals surface area contributed by atoms with Crippen LogP contribution in [-0.2, 0) is 21.2 Å². The first-order valence-electron chi connectivity index (χ1n) is 6.53. The van der Waals surface area contributed by atoms with E-state index in [0.717, 1.165) is 5.56 Å². The molecule has 0 saturated carbocycles. The first-order valence-corrected chi connectivity index (χ1v) is 9.29. The van der Waals surface area contributed by atoms with Crippen LogP contribution in [0.2, 0.25) is 0 Å². The Morgan fingerprint density at radius 1 is 1.45 bits per heavy atom. The summed E-state index contributed by atoms with van der Waals surface area (Å²) in [7, 11) is 0.696. The molecule has 2 rings (SSSR count). The van der Waals surface area contributed by atoms with Crippen LogP contribution in [0, 0.1) is 0 Å². The number of thiophene rings is 1. The SMILES string of the molecule is CN(Cc1ccsc1)C(=O)CN(C)[C@@H]1CCS(=O)(=O)C1. The third-order valence-electron chi connectivity index (χ3n) is 3.64. The third kappa shape index (κ3) is 4.04. The van der Waals surface area contributed by atoms with Crippen molar-refractivity contribution in [2.75, 3.05) is 32.1 Å². The Morgan fingerprint density at radius 2 is 2.20 bits per heavy atom. The highest BCUT2D eigenvalue weighted by atomic mass is 32.2. The molecule has 0 N–H and O–H groups in total. The molecule has 1 saturated heterocycles. The Balaban J connectivity index is 1.84. The van der Waals surface area contributed by atoms with Gasteiger partial charge in [0.15, 0.2) is 9.84 Å². The lowest BCUT2D eigenvalue weighted by atomic mass is 10.2. The van der Waals surface area contributed by atoms with Crippen molar-refractivity contribution in [1.29, 1.82) is 0 Å². The lowest BCUT2D eigenvalue weighted by molar-refractivity contribution is -0.131. The van der Waals surface area contributed by atoms with Crippen LogP contribution in [0.3, 0.4) is 0 Å².